The second kappa shape index (κ2) is 6.54. The van der Waals surface area contributed by atoms with Crippen molar-refractivity contribution in [3.05, 3.63) is 23.4 Å². The van der Waals surface area contributed by atoms with Crippen LogP contribution in [0.15, 0.2) is 12.1 Å². The third-order valence-electron chi connectivity index (χ3n) is 2.83. The molecule has 0 bridgehead atoms. The van der Waals surface area contributed by atoms with Crippen LogP contribution in [0.5, 0.6) is 0 Å². The molecule has 0 aromatic carbocycles. The van der Waals surface area contributed by atoms with E-state index in [1.54, 1.807) is 0 Å². The number of alkyl halides is 3. The van der Waals surface area contributed by atoms with E-state index in [1.165, 1.54) is 6.07 Å². The zero-order chi connectivity index (χ0) is 15.5. The first-order valence-corrected chi connectivity index (χ1v) is 6.60. The van der Waals surface area contributed by atoms with Crippen LogP contribution in [0.1, 0.15) is 11.3 Å². The van der Waals surface area contributed by atoms with Crippen molar-refractivity contribution in [2.45, 2.75) is 12.3 Å². The maximum Gasteiger partial charge on any atom is 0.433 e. The van der Waals surface area contributed by atoms with E-state index >= 15 is 0 Å². The fourth-order valence-electron chi connectivity index (χ4n) is 1.82. The van der Waals surface area contributed by atoms with Gasteiger partial charge in [-0.3, -0.25) is 0 Å². The third-order valence-corrected chi connectivity index (χ3v) is 3.05. The molecule has 0 aliphatic carbocycles. The van der Waals surface area contributed by atoms with Crippen molar-refractivity contribution in [2.24, 2.45) is 5.73 Å². The summed E-state index contributed by atoms with van der Waals surface area (Å²) in [6.07, 6.45) is -4.79. The highest BCUT2D eigenvalue weighted by molar-refractivity contribution is 7.80. The predicted molar refractivity (Wildman–Crippen MR) is 74.2 cm³/mol. The van der Waals surface area contributed by atoms with Crippen LogP contribution in [-0.2, 0) is 15.7 Å². The van der Waals surface area contributed by atoms with Crippen LogP contribution in [0.4, 0.5) is 19.0 Å². The van der Waals surface area contributed by atoms with Gasteiger partial charge in [0, 0.05) is 6.54 Å². The number of rotatable bonds is 4. The van der Waals surface area contributed by atoms with Gasteiger partial charge in [-0.05, 0) is 12.1 Å². The second-order valence-corrected chi connectivity index (χ2v) is 4.84. The van der Waals surface area contributed by atoms with Gasteiger partial charge in [-0.25, -0.2) is 4.98 Å². The summed E-state index contributed by atoms with van der Waals surface area (Å²) in [5.74, 6) is -0.00787. The Bertz CT molecular complexity index is 519. The molecule has 0 radical (unpaired) electrons. The van der Waals surface area contributed by atoms with E-state index in [4.69, 9.17) is 27.4 Å². The van der Waals surface area contributed by atoms with E-state index < -0.39 is 11.9 Å². The van der Waals surface area contributed by atoms with Crippen LogP contribution in [0.3, 0.4) is 0 Å². The molecular formula is C12H14F3N3O2S. The number of nitrogens with zero attached hydrogens (tertiary/aromatic N) is 1. The lowest BCUT2D eigenvalue weighted by molar-refractivity contribution is -0.141. The molecule has 1 aliphatic rings. The minimum Gasteiger partial charge on any atom is -0.389 e. The number of halogens is 3. The number of thiocarbonyl (C=S) groups is 1. The molecule has 1 aliphatic heterocycles. The Morgan fingerprint density at radius 1 is 1.43 bits per heavy atom. The molecule has 1 unspecified atom stereocenters. The summed E-state index contributed by atoms with van der Waals surface area (Å²) in [6.45, 7) is 1.58. The lowest BCUT2D eigenvalue weighted by Gasteiger charge is -2.24. The molecule has 1 aromatic heterocycles. The van der Waals surface area contributed by atoms with Gasteiger partial charge in [0.25, 0.3) is 0 Å². The smallest absolute Gasteiger partial charge is 0.389 e. The van der Waals surface area contributed by atoms with Crippen molar-refractivity contribution < 1.29 is 22.6 Å². The molecule has 1 atom stereocenters. The lowest BCUT2D eigenvalue weighted by Crippen LogP contribution is -2.34. The SMILES string of the molecule is NC(=S)c1ccc(C(F)(F)F)nc1NCC1COCCO1. The van der Waals surface area contributed by atoms with Crippen molar-refractivity contribution in [1.29, 1.82) is 0 Å². The number of anilines is 1. The van der Waals surface area contributed by atoms with E-state index in [1.807, 2.05) is 0 Å². The number of ether oxygens (including phenoxy) is 2. The maximum atomic E-state index is 12.7. The normalized spacial score (nSPS) is 19.3. The van der Waals surface area contributed by atoms with E-state index in [0.717, 1.165) is 6.07 Å². The Morgan fingerprint density at radius 3 is 2.76 bits per heavy atom. The Kier molecular flexibility index (Phi) is 4.96. The molecule has 0 saturated carbocycles. The number of pyridine rings is 1. The molecule has 0 amide bonds. The molecule has 1 saturated heterocycles. The minimum absolute atomic E-state index is 0.00787. The summed E-state index contributed by atoms with van der Waals surface area (Å²) >= 11 is 4.82. The number of aromatic nitrogens is 1. The maximum absolute atomic E-state index is 12.7. The predicted octanol–water partition coefficient (Wildman–Crippen LogP) is 1.56. The molecule has 1 fully saturated rings. The average Bonchev–Trinajstić information content (AvgIpc) is 2.45. The van der Waals surface area contributed by atoms with Gasteiger partial charge in [-0.15, -0.1) is 0 Å². The van der Waals surface area contributed by atoms with Crippen LogP contribution < -0.4 is 11.1 Å². The molecule has 21 heavy (non-hydrogen) atoms. The molecular weight excluding hydrogens is 307 g/mol. The molecule has 5 nitrogen and oxygen atoms in total. The fourth-order valence-corrected chi connectivity index (χ4v) is 1.98. The van der Waals surface area contributed by atoms with Crippen LogP contribution in [0, 0.1) is 0 Å². The standard InChI is InChI=1S/C12H14F3N3O2S/c13-12(14,15)9-2-1-8(10(16)21)11(18-9)17-5-7-6-19-3-4-20-7/h1-2,7H,3-6H2,(H2,16,21)(H,17,18). The summed E-state index contributed by atoms with van der Waals surface area (Å²) < 4.78 is 48.7. The first-order chi connectivity index (χ1) is 9.88. The summed E-state index contributed by atoms with van der Waals surface area (Å²) in [7, 11) is 0. The molecule has 116 valence electrons. The molecule has 0 spiro atoms. The van der Waals surface area contributed by atoms with Crippen molar-refractivity contribution in [3.8, 4) is 0 Å². The van der Waals surface area contributed by atoms with E-state index in [9.17, 15) is 13.2 Å². The average molecular weight is 321 g/mol. The van der Waals surface area contributed by atoms with Crippen molar-refractivity contribution in [2.75, 3.05) is 31.7 Å². The van der Waals surface area contributed by atoms with Crippen molar-refractivity contribution >= 4 is 23.0 Å². The molecule has 9 heteroatoms. The highest BCUT2D eigenvalue weighted by Crippen LogP contribution is 2.29. The Balaban J connectivity index is 2.16. The van der Waals surface area contributed by atoms with Gasteiger partial charge in [0.1, 0.15) is 16.5 Å². The second-order valence-electron chi connectivity index (χ2n) is 4.40. The first-order valence-electron chi connectivity index (χ1n) is 6.19. The molecule has 2 rings (SSSR count). The minimum atomic E-state index is -4.53. The Labute approximate surface area is 124 Å². The van der Waals surface area contributed by atoms with Crippen LogP contribution >= 0.6 is 12.2 Å². The highest BCUT2D eigenvalue weighted by Gasteiger charge is 2.33. The first kappa shape index (κ1) is 15.9. The van der Waals surface area contributed by atoms with E-state index in [-0.39, 0.29) is 29.0 Å². The monoisotopic (exact) mass is 321 g/mol. The van der Waals surface area contributed by atoms with Gasteiger partial charge in [-0.2, -0.15) is 13.2 Å². The van der Waals surface area contributed by atoms with Crippen LogP contribution in [-0.4, -0.2) is 42.4 Å². The Hall–Kier alpha value is -1.45. The van der Waals surface area contributed by atoms with Crippen LogP contribution in [0.25, 0.3) is 0 Å². The van der Waals surface area contributed by atoms with Gasteiger partial charge in [0.2, 0.25) is 0 Å². The molecule has 1 aromatic rings. The number of nitrogens with one attached hydrogen (secondary N) is 1. The number of nitrogens with two attached hydrogens (primary N) is 1. The summed E-state index contributed by atoms with van der Waals surface area (Å²) in [5, 5.41) is 2.79. The van der Waals surface area contributed by atoms with Gasteiger partial charge >= 0.3 is 6.18 Å². The summed E-state index contributed by atoms with van der Waals surface area (Å²) in [6, 6.07) is 2.05. The van der Waals surface area contributed by atoms with E-state index in [2.05, 4.69) is 10.3 Å². The van der Waals surface area contributed by atoms with Crippen LogP contribution in [0.2, 0.25) is 0 Å². The lowest BCUT2D eigenvalue weighted by atomic mass is 10.2. The zero-order valence-electron chi connectivity index (χ0n) is 10.9. The summed E-state index contributed by atoms with van der Waals surface area (Å²) in [4.78, 5) is 3.52. The van der Waals surface area contributed by atoms with Gasteiger partial charge in [-0.1, -0.05) is 12.2 Å². The zero-order valence-corrected chi connectivity index (χ0v) is 11.8. The topological polar surface area (TPSA) is 69.4 Å². The third kappa shape index (κ3) is 4.26. The number of hydrogen-bond acceptors (Lipinski definition) is 5. The van der Waals surface area contributed by atoms with E-state index in [0.29, 0.717) is 19.8 Å². The van der Waals surface area contributed by atoms with Crippen molar-refractivity contribution in [3.63, 3.8) is 0 Å². The number of hydrogen-bond donors (Lipinski definition) is 2. The van der Waals surface area contributed by atoms with Gasteiger partial charge in [0.15, 0.2) is 0 Å². The molecule has 2 heterocycles. The van der Waals surface area contributed by atoms with Crippen molar-refractivity contribution in [1.82, 2.24) is 4.98 Å². The van der Waals surface area contributed by atoms with Gasteiger partial charge in [0.05, 0.1) is 31.5 Å². The fraction of sp³-hybridized carbons (Fsp3) is 0.500. The summed E-state index contributed by atoms with van der Waals surface area (Å²) in [5.41, 5.74) is 4.75. The largest absolute Gasteiger partial charge is 0.433 e. The molecule has 3 N–H and O–H groups in total. The highest BCUT2D eigenvalue weighted by atomic mass is 32.1. The Morgan fingerprint density at radius 2 is 2.19 bits per heavy atom. The van der Waals surface area contributed by atoms with Gasteiger partial charge < -0.3 is 20.5 Å². The quantitative estimate of drug-likeness (QED) is 0.820.